The Bertz CT molecular complexity index is 860. The third-order valence-corrected chi connectivity index (χ3v) is 5.05. The van der Waals surface area contributed by atoms with Crippen molar-refractivity contribution in [1.82, 2.24) is 4.90 Å². The van der Waals surface area contributed by atoms with Crippen LogP contribution in [-0.2, 0) is 13.1 Å². The van der Waals surface area contributed by atoms with Crippen molar-refractivity contribution in [2.75, 3.05) is 18.4 Å². The number of likely N-dealkylation sites (tertiary alicyclic amines) is 1. The highest BCUT2D eigenvalue weighted by atomic mass is 16.6. The first-order valence-electron chi connectivity index (χ1n) is 9.28. The molecule has 2 aromatic rings. The minimum absolute atomic E-state index is 0.0728. The van der Waals surface area contributed by atoms with Gasteiger partial charge in [-0.25, -0.2) is 0 Å². The largest absolute Gasteiger partial charge is 0.375 e. The fourth-order valence-electron chi connectivity index (χ4n) is 3.65. The van der Waals surface area contributed by atoms with Crippen LogP contribution in [0.25, 0.3) is 0 Å². The van der Waals surface area contributed by atoms with E-state index in [-0.39, 0.29) is 11.3 Å². The lowest BCUT2D eigenvalue weighted by Gasteiger charge is -2.31. The number of nitrogens with one attached hydrogen (secondary N) is 1. The van der Waals surface area contributed by atoms with Crippen molar-refractivity contribution in [3.63, 3.8) is 0 Å². The molecule has 1 saturated heterocycles. The van der Waals surface area contributed by atoms with E-state index in [0.717, 1.165) is 31.1 Å². The summed E-state index contributed by atoms with van der Waals surface area (Å²) in [5.74, 6) is 0.727. The predicted octanol–water partition coefficient (Wildman–Crippen LogP) is 4.31. The van der Waals surface area contributed by atoms with Crippen LogP contribution in [0.2, 0.25) is 0 Å². The fourth-order valence-corrected chi connectivity index (χ4v) is 3.65. The molecular formula is C21H24N4O2. The summed E-state index contributed by atoms with van der Waals surface area (Å²) < 4.78 is 0. The average molecular weight is 364 g/mol. The summed E-state index contributed by atoms with van der Waals surface area (Å²) in [5, 5.41) is 23.4. The molecule has 6 nitrogen and oxygen atoms in total. The van der Waals surface area contributed by atoms with E-state index in [9.17, 15) is 10.1 Å². The highest BCUT2D eigenvalue weighted by molar-refractivity contribution is 5.64. The first-order chi connectivity index (χ1) is 13.1. The van der Waals surface area contributed by atoms with Gasteiger partial charge in [0.1, 0.15) is 5.69 Å². The minimum Gasteiger partial charge on any atom is -0.375 e. The maximum atomic E-state index is 11.3. The lowest BCUT2D eigenvalue weighted by Crippen LogP contribution is -2.34. The molecule has 3 rings (SSSR count). The normalized spacial score (nSPS) is 17.3. The predicted molar refractivity (Wildman–Crippen MR) is 105 cm³/mol. The Balaban J connectivity index is 1.74. The average Bonchev–Trinajstić information content (AvgIpc) is 2.67. The Morgan fingerprint density at radius 3 is 2.78 bits per heavy atom. The van der Waals surface area contributed by atoms with Gasteiger partial charge in [0.05, 0.1) is 16.6 Å². The van der Waals surface area contributed by atoms with Crippen molar-refractivity contribution in [2.45, 2.75) is 32.9 Å². The molecule has 1 N–H and O–H groups in total. The first kappa shape index (κ1) is 18.9. The number of nitriles is 1. The smallest absolute Gasteiger partial charge is 0.293 e. The van der Waals surface area contributed by atoms with Gasteiger partial charge in [-0.2, -0.15) is 5.26 Å². The number of benzene rings is 2. The summed E-state index contributed by atoms with van der Waals surface area (Å²) in [5.41, 5.74) is 3.02. The number of rotatable bonds is 6. The van der Waals surface area contributed by atoms with E-state index in [1.807, 2.05) is 18.2 Å². The zero-order valence-electron chi connectivity index (χ0n) is 15.5. The molecule has 0 amide bonds. The molecule has 0 aromatic heterocycles. The van der Waals surface area contributed by atoms with E-state index in [0.29, 0.717) is 12.2 Å². The SMILES string of the molecule is CC1CCCN(Cc2ccccc2CNc2ccc(C#N)cc2[N+](=O)[O-])C1. The molecule has 6 heteroatoms. The van der Waals surface area contributed by atoms with Gasteiger partial charge < -0.3 is 5.32 Å². The molecule has 0 radical (unpaired) electrons. The summed E-state index contributed by atoms with van der Waals surface area (Å²) in [7, 11) is 0. The number of anilines is 1. The van der Waals surface area contributed by atoms with Crippen molar-refractivity contribution in [3.8, 4) is 6.07 Å². The number of hydrogen-bond donors (Lipinski definition) is 1. The van der Waals surface area contributed by atoms with E-state index in [1.165, 1.54) is 24.5 Å². The lowest BCUT2D eigenvalue weighted by molar-refractivity contribution is -0.384. The van der Waals surface area contributed by atoms with Crippen molar-refractivity contribution in [3.05, 3.63) is 69.3 Å². The van der Waals surface area contributed by atoms with Gasteiger partial charge in [-0.1, -0.05) is 31.2 Å². The van der Waals surface area contributed by atoms with Gasteiger partial charge in [0.25, 0.3) is 5.69 Å². The van der Waals surface area contributed by atoms with Crippen LogP contribution in [0.1, 0.15) is 36.5 Å². The third kappa shape index (κ3) is 4.83. The molecule has 0 spiro atoms. The highest BCUT2D eigenvalue weighted by Crippen LogP contribution is 2.26. The maximum absolute atomic E-state index is 11.3. The summed E-state index contributed by atoms with van der Waals surface area (Å²) >= 11 is 0. The van der Waals surface area contributed by atoms with E-state index in [2.05, 4.69) is 29.3 Å². The fraction of sp³-hybridized carbons (Fsp3) is 0.381. The molecule has 0 aliphatic carbocycles. The molecule has 1 unspecified atom stereocenters. The molecule has 1 atom stereocenters. The molecule has 1 fully saturated rings. The molecule has 1 aliphatic heterocycles. The Kier molecular flexibility index (Phi) is 6.05. The van der Waals surface area contributed by atoms with Gasteiger partial charge in [0.2, 0.25) is 0 Å². The third-order valence-electron chi connectivity index (χ3n) is 5.05. The lowest BCUT2D eigenvalue weighted by atomic mass is 9.99. The summed E-state index contributed by atoms with van der Waals surface area (Å²) in [6.07, 6.45) is 2.53. The van der Waals surface area contributed by atoms with Crippen LogP contribution in [0.15, 0.2) is 42.5 Å². The standard InChI is InChI=1S/C21H24N4O2/c1-16-5-4-10-24(14-16)15-19-7-3-2-6-18(19)13-23-20-9-8-17(12-22)11-21(20)25(26)27/h2-3,6-9,11,16,23H,4-5,10,13-15H2,1H3. The van der Waals surface area contributed by atoms with Gasteiger partial charge in [-0.05, 0) is 48.6 Å². The quantitative estimate of drug-likeness (QED) is 0.610. The number of piperidine rings is 1. The van der Waals surface area contributed by atoms with Crippen LogP contribution in [0.3, 0.4) is 0 Å². The second-order valence-electron chi connectivity index (χ2n) is 7.21. The molecule has 2 aromatic carbocycles. The van der Waals surface area contributed by atoms with Gasteiger partial charge >= 0.3 is 0 Å². The van der Waals surface area contributed by atoms with E-state index >= 15 is 0 Å². The van der Waals surface area contributed by atoms with Crippen molar-refractivity contribution < 1.29 is 4.92 Å². The number of hydrogen-bond acceptors (Lipinski definition) is 5. The minimum atomic E-state index is -0.454. The Labute approximate surface area is 159 Å². The van der Waals surface area contributed by atoms with Crippen LogP contribution < -0.4 is 5.32 Å². The maximum Gasteiger partial charge on any atom is 0.293 e. The second-order valence-corrected chi connectivity index (χ2v) is 7.21. The van der Waals surface area contributed by atoms with Crippen molar-refractivity contribution >= 4 is 11.4 Å². The van der Waals surface area contributed by atoms with E-state index in [4.69, 9.17) is 5.26 Å². The summed E-state index contributed by atoms with van der Waals surface area (Å²) in [6.45, 7) is 5.93. The molecule has 27 heavy (non-hydrogen) atoms. The molecule has 1 aliphatic rings. The Morgan fingerprint density at radius 1 is 1.30 bits per heavy atom. The van der Waals surface area contributed by atoms with Gasteiger partial charge in [0, 0.05) is 25.7 Å². The van der Waals surface area contributed by atoms with Gasteiger partial charge in [-0.3, -0.25) is 15.0 Å². The highest BCUT2D eigenvalue weighted by Gasteiger charge is 2.18. The molecule has 1 heterocycles. The Morgan fingerprint density at radius 2 is 2.07 bits per heavy atom. The molecular weight excluding hydrogens is 340 g/mol. The van der Waals surface area contributed by atoms with Crippen LogP contribution >= 0.6 is 0 Å². The topological polar surface area (TPSA) is 82.2 Å². The molecule has 0 saturated carbocycles. The van der Waals surface area contributed by atoms with Crippen LogP contribution in [0.5, 0.6) is 0 Å². The van der Waals surface area contributed by atoms with Crippen molar-refractivity contribution in [2.24, 2.45) is 5.92 Å². The van der Waals surface area contributed by atoms with Crippen LogP contribution in [-0.4, -0.2) is 22.9 Å². The summed E-state index contributed by atoms with van der Waals surface area (Å²) in [4.78, 5) is 13.3. The zero-order valence-corrected chi connectivity index (χ0v) is 15.5. The molecule has 0 bridgehead atoms. The van der Waals surface area contributed by atoms with Gasteiger partial charge in [0.15, 0.2) is 0 Å². The van der Waals surface area contributed by atoms with E-state index < -0.39 is 4.92 Å². The molecule has 140 valence electrons. The van der Waals surface area contributed by atoms with Crippen LogP contribution in [0.4, 0.5) is 11.4 Å². The van der Waals surface area contributed by atoms with E-state index in [1.54, 1.807) is 12.1 Å². The first-order valence-corrected chi connectivity index (χ1v) is 9.28. The van der Waals surface area contributed by atoms with Crippen LogP contribution in [0, 0.1) is 27.4 Å². The monoisotopic (exact) mass is 364 g/mol. The van der Waals surface area contributed by atoms with Gasteiger partial charge in [-0.15, -0.1) is 0 Å². The number of nitro groups is 1. The van der Waals surface area contributed by atoms with Crippen molar-refractivity contribution in [1.29, 1.82) is 5.26 Å². The second kappa shape index (κ2) is 8.65. The number of nitro benzene ring substituents is 1. The zero-order chi connectivity index (χ0) is 19.2. The summed E-state index contributed by atoms with van der Waals surface area (Å²) in [6, 6.07) is 14.7. The Hall–Kier alpha value is -2.91. The number of nitrogens with zero attached hydrogens (tertiary/aromatic N) is 3.